The molecule has 146 valence electrons. The van der Waals surface area contributed by atoms with Crippen LogP contribution < -0.4 is 10.2 Å². The Kier molecular flexibility index (Phi) is 5.65. The van der Waals surface area contributed by atoms with Gasteiger partial charge in [-0.15, -0.1) is 0 Å². The average Bonchev–Trinajstić information content (AvgIpc) is 3.42. The van der Waals surface area contributed by atoms with Crippen LogP contribution in [-0.2, 0) is 4.79 Å². The Morgan fingerprint density at radius 2 is 1.52 bits per heavy atom. The predicted molar refractivity (Wildman–Crippen MR) is 108 cm³/mol. The van der Waals surface area contributed by atoms with Crippen molar-refractivity contribution in [2.45, 2.75) is 57.8 Å². The van der Waals surface area contributed by atoms with Gasteiger partial charge in [0.1, 0.15) is 0 Å². The lowest BCUT2D eigenvalue weighted by Gasteiger charge is -2.29. The molecule has 2 amide bonds. The van der Waals surface area contributed by atoms with Crippen molar-refractivity contribution >= 4 is 23.2 Å². The van der Waals surface area contributed by atoms with Gasteiger partial charge >= 0.3 is 0 Å². The first kappa shape index (κ1) is 18.3. The Balaban J connectivity index is 1.58. The van der Waals surface area contributed by atoms with Gasteiger partial charge in [0.2, 0.25) is 5.91 Å². The third-order valence-electron chi connectivity index (χ3n) is 6.31. The number of hydrogen-bond acceptors (Lipinski definition) is 3. The average molecular weight is 370 g/mol. The molecule has 1 aromatic carbocycles. The lowest BCUT2D eigenvalue weighted by molar-refractivity contribution is -0.119. The molecule has 0 aromatic heterocycles. The van der Waals surface area contributed by atoms with Crippen LogP contribution in [0.4, 0.5) is 11.4 Å². The van der Waals surface area contributed by atoms with E-state index in [1.807, 2.05) is 23.1 Å². The fourth-order valence-corrected chi connectivity index (χ4v) is 4.72. The Morgan fingerprint density at radius 1 is 0.852 bits per heavy atom. The van der Waals surface area contributed by atoms with Gasteiger partial charge in [-0.05, 0) is 63.1 Å². The van der Waals surface area contributed by atoms with E-state index < -0.39 is 0 Å². The molecule has 5 heteroatoms. The molecule has 2 aliphatic heterocycles. The van der Waals surface area contributed by atoms with Crippen LogP contribution in [0.15, 0.2) is 18.2 Å². The topological polar surface area (TPSA) is 52.7 Å². The number of carbonyl (C=O) groups is 2. The molecule has 1 aliphatic carbocycles. The highest BCUT2D eigenvalue weighted by Gasteiger charge is 2.26. The summed E-state index contributed by atoms with van der Waals surface area (Å²) in [5, 5.41) is 3.07. The SMILES string of the molecule is O=C(Nc1ccc(N2CCCC2)c(C(=O)N2CCCCC2)c1)C1CCCC1. The van der Waals surface area contributed by atoms with Crippen molar-refractivity contribution in [1.29, 1.82) is 0 Å². The number of benzene rings is 1. The maximum Gasteiger partial charge on any atom is 0.256 e. The van der Waals surface area contributed by atoms with Crippen molar-refractivity contribution < 1.29 is 9.59 Å². The summed E-state index contributed by atoms with van der Waals surface area (Å²) in [6.45, 7) is 3.70. The highest BCUT2D eigenvalue weighted by Crippen LogP contribution is 2.31. The number of anilines is 2. The molecular weight excluding hydrogens is 338 g/mol. The van der Waals surface area contributed by atoms with Gasteiger partial charge in [-0.1, -0.05) is 12.8 Å². The lowest BCUT2D eigenvalue weighted by Crippen LogP contribution is -2.36. The molecule has 27 heavy (non-hydrogen) atoms. The van der Waals surface area contributed by atoms with Crippen molar-refractivity contribution in [2.24, 2.45) is 5.92 Å². The van der Waals surface area contributed by atoms with Crippen LogP contribution in [-0.4, -0.2) is 42.9 Å². The third kappa shape index (κ3) is 4.12. The van der Waals surface area contributed by atoms with Gasteiger partial charge in [-0.25, -0.2) is 0 Å². The molecule has 2 heterocycles. The van der Waals surface area contributed by atoms with Crippen molar-refractivity contribution in [3.63, 3.8) is 0 Å². The van der Waals surface area contributed by atoms with E-state index in [0.29, 0.717) is 0 Å². The van der Waals surface area contributed by atoms with Crippen molar-refractivity contribution in [1.82, 2.24) is 4.90 Å². The molecular formula is C22H31N3O2. The molecule has 5 nitrogen and oxygen atoms in total. The Morgan fingerprint density at radius 3 is 2.22 bits per heavy atom. The van der Waals surface area contributed by atoms with E-state index in [4.69, 9.17) is 0 Å². The zero-order valence-corrected chi connectivity index (χ0v) is 16.2. The van der Waals surface area contributed by atoms with Crippen molar-refractivity contribution in [3.05, 3.63) is 23.8 Å². The van der Waals surface area contributed by atoms with Crippen LogP contribution in [0.5, 0.6) is 0 Å². The summed E-state index contributed by atoms with van der Waals surface area (Å²) in [5.41, 5.74) is 2.54. The first-order valence-corrected chi connectivity index (χ1v) is 10.7. The monoisotopic (exact) mass is 369 g/mol. The van der Waals surface area contributed by atoms with E-state index in [0.717, 1.165) is 81.6 Å². The normalized spacial score (nSPS) is 20.9. The molecule has 1 N–H and O–H groups in total. The highest BCUT2D eigenvalue weighted by atomic mass is 16.2. The summed E-state index contributed by atoms with van der Waals surface area (Å²) in [5.74, 6) is 0.357. The largest absolute Gasteiger partial charge is 0.371 e. The number of nitrogens with zero attached hydrogens (tertiary/aromatic N) is 2. The summed E-state index contributed by atoms with van der Waals surface area (Å²) < 4.78 is 0. The zero-order valence-electron chi connectivity index (χ0n) is 16.2. The van der Waals surface area contributed by atoms with E-state index in [1.165, 1.54) is 19.3 Å². The van der Waals surface area contributed by atoms with Gasteiger partial charge in [-0.3, -0.25) is 9.59 Å². The summed E-state index contributed by atoms with van der Waals surface area (Å²) in [7, 11) is 0. The second kappa shape index (κ2) is 8.32. The minimum atomic E-state index is 0.109. The highest BCUT2D eigenvalue weighted by molar-refractivity contribution is 6.02. The number of amides is 2. The molecule has 0 spiro atoms. The second-order valence-corrected chi connectivity index (χ2v) is 8.25. The maximum absolute atomic E-state index is 13.3. The quantitative estimate of drug-likeness (QED) is 0.871. The van der Waals surface area contributed by atoms with E-state index in [1.54, 1.807) is 0 Å². The number of carbonyl (C=O) groups excluding carboxylic acids is 2. The smallest absolute Gasteiger partial charge is 0.256 e. The van der Waals surface area contributed by atoms with Crippen molar-refractivity contribution in [3.8, 4) is 0 Å². The fourth-order valence-electron chi connectivity index (χ4n) is 4.72. The summed E-state index contributed by atoms with van der Waals surface area (Å²) in [4.78, 5) is 30.1. The minimum absolute atomic E-state index is 0.109. The van der Waals surface area contributed by atoms with Crippen LogP contribution in [0.3, 0.4) is 0 Å². The van der Waals surface area contributed by atoms with E-state index in [9.17, 15) is 9.59 Å². The number of piperidine rings is 1. The number of nitrogens with one attached hydrogen (secondary N) is 1. The third-order valence-corrected chi connectivity index (χ3v) is 6.31. The Bertz CT molecular complexity index is 685. The molecule has 1 saturated carbocycles. The summed E-state index contributed by atoms with van der Waals surface area (Å²) in [6.07, 6.45) is 9.99. The molecule has 3 aliphatic rings. The second-order valence-electron chi connectivity index (χ2n) is 8.25. The number of rotatable bonds is 4. The van der Waals surface area contributed by atoms with Gasteiger partial charge < -0.3 is 15.1 Å². The lowest BCUT2D eigenvalue weighted by atomic mass is 10.0. The Hall–Kier alpha value is -2.04. The molecule has 1 aromatic rings. The molecule has 0 radical (unpaired) electrons. The van der Waals surface area contributed by atoms with Gasteiger partial charge in [0.25, 0.3) is 5.91 Å². The Labute approximate surface area is 162 Å². The van der Waals surface area contributed by atoms with Gasteiger partial charge in [0, 0.05) is 43.5 Å². The van der Waals surface area contributed by atoms with Crippen LogP contribution in [0.2, 0.25) is 0 Å². The van der Waals surface area contributed by atoms with E-state index in [2.05, 4.69) is 10.2 Å². The number of hydrogen-bond donors (Lipinski definition) is 1. The standard InChI is InChI=1S/C22H31N3O2/c26-21(17-8-2-3-9-17)23-18-10-11-20(24-12-6-7-13-24)19(16-18)22(27)25-14-4-1-5-15-25/h10-11,16-17H,1-9,12-15H2,(H,23,26). The van der Waals surface area contributed by atoms with Crippen LogP contribution in [0, 0.1) is 5.92 Å². The van der Waals surface area contributed by atoms with E-state index >= 15 is 0 Å². The van der Waals surface area contributed by atoms with Gasteiger partial charge in [0.05, 0.1) is 5.56 Å². The maximum atomic E-state index is 13.3. The minimum Gasteiger partial charge on any atom is -0.371 e. The predicted octanol–water partition coefficient (Wildman–Crippen LogP) is 4.04. The zero-order chi connectivity index (χ0) is 18.6. The fraction of sp³-hybridized carbons (Fsp3) is 0.636. The summed E-state index contributed by atoms with van der Waals surface area (Å²) in [6, 6.07) is 5.91. The molecule has 0 atom stereocenters. The molecule has 0 unspecified atom stereocenters. The number of likely N-dealkylation sites (tertiary alicyclic amines) is 1. The first-order chi connectivity index (χ1) is 13.2. The molecule has 4 rings (SSSR count). The summed E-state index contributed by atoms with van der Waals surface area (Å²) >= 11 is 0. The molecule has 2 saturated heterocycles. The van der Waals surface area contributed by atoms with Crippen LogP contribution >= 0.6 is 0 Å². The van der Waals surface area contributed by atoms with E-state index in [-0.39, 0.29) is 17.7 Å². The van der Waals surface area contributed by atoms with Gasteiger partial charge in [-0.2, -0.15) is 0 Å². The van der Waals surface area contributed by atoms with Crippen molar-refractivity contribution in [2.75, 3.05) is 36.4 Å². The van der Waals surface area contributed by atoms with Crippen LogP contribution in [0.1, 0.15) is 68.1 Å². The molecule has 0 bridgehead atoms. The van der Waals surface area contributed by atoms with Gasteiger partial charge in [0.15, 0.2) is 0 Å². The van der Waals surface area contributed by atoms with Crippen LogP contribution in [0.25, 0.3) is 0 Å². The molecule has 3 fully saturated rings. The first-order valence-electron chi connectivity index (χ1n) is 10.7.